The largest absolute Gasteiger partial charge is 0.462 e. The number of halogens is 2. The van der Waals surface area contributed by atoms with E-state index < -0.39 is 36.6 Å². The summed E-state index contributed by atoms with van der Waals surface area (Å²) in [6.45, 7) is 0.0568. The number of rotatable bonds is 11. The summed E-state index contributed by atoms with van der Waals surface area (Å²) >= 11 is 2.18. The lowest BCUT2D eigenvalue weighted by atomic mass is 10.2. The van der Waals surface area contributed by atoms with E-state index in [9.17, 15) is 28.0 Å². The van der Waals surface area contributed by atoms with E-state index in [0.29, 0.717) is 32.2 Å². The number of carbonyl (C=O) groups excluding carboxylic acids is 3. The number of esters is 2. The second-order valence-corrected chi connectivity index (χ2v) is 9.06. The van der Waals surface area contributed by atoms with Gasteiger partial charge in [0.05, 0.1) is 23.5 Å². The van der Waals surface area contributed by atoms with Crippen LogP contribution in [-0.4, -0.2) is 53.4 Å². The Morgan fingerprint density at radius 1 is 1.19 bits per heavy atom. The number of ether oxygens (including phenoxy) is 3. The number of thioether (sulfide) groups is 1. The summed E-state index contributed by atoms with van der Waals surface area (Å²) in [6, 6.07) is 5.25. The smallest absolute Gasteiger partial charge is 0.387 e. The number of hydrogen-bond donors (Lipinski definition) is 2. The zero-order valence-electron chi connectivity index (χ0n) is 19.1. The molecule has 1 amide bonds. The van der Waals surface area contributed by atoms with Crippen LogP contribution in [0.25, 0.3) is 10.2 Å². The molecule has 0 fully saturated rings. The van der Waals surface area contributed by atoms with Crippen molar-refractivity contribution in [3.05, 3.63) is 50.9 Å². The summed E-state index contributed by atoms with van der Waals surface area (Å²) in [5.41, 5.74) is 0.418. The van der Waals surface area contributed by atoms with Gasteiger partial charge in [-0.1, -0.05) is 0 Å². The van der Waals surface area contributed by atoms with E-state index in [1.807, 2.05) is 0 Å². The van der Waals surface area contributed by atoms with Gasteiger partial charge in [-0.3, -0.25) is 14.4 Å². The van der Waals surface area contributed by atoms with Crippen molar-refractivity contribution in [2.45, 2.75) is 26.2 Å². The van der Waals surface area contributed by atoms with Crippen LogP contribution in [0.1, 0.15) is 28.0 Å². The third kappa shape index (κ3) is 7.24. The van der Waals surface area contributed by atoms with Gasteiger partial charge < -0.3 is 24.5 Å². The van der Waals surface area contributed by atoms with Crippen molar-refractivity contribution in [1.29, 1.82) is 0 Å². The minimum Gasteiger partial charge on any atom is -0.462 e. The van der Waals surface area contributed by atoms with E-state index in [-0.39, 0.29) is 23.9 Å². The highest BCUT2D eigenvalue weighted by molar-refractivity contribution is 7.99. The molecule has 0 atom stereocenters. The summed E-state index contributed by atoms with van der Waals surface area (Å²) < 4.78 is 38.5. The Balaban J connectivity index is 1.47. The molecule has 36 heavy (non-hydrogen) atoms. The fourth-order valence-corrected chi connectivity index (χ4v) is 4.76. The maximum Gasteiger partial charge on any atom is 0.387 e. The maximum absolute atomic E-state index is 12.5. The van der Waals surface area contributed by atoms with Crippen molar-refractivity contribution >= 4 is 56.8 Å². The molecule has 0 spiro atoms. The van der Waals surface area contributed by atoms with Gasteiger partial charge in [-0.05, 0) is 43.7 Å². The first kappa shape index (κ1) is 27.1. The zero-order valence-corrected chi connectivity index (χ0v) is 20.7. The highest BCUT2D eigenvalue weighted by Gasteiger charge is 2.20. The highest BCUT2D eigenvalue weighted by atomic mass is 32.2. The molecule has 0 bridgehead atoms. The van der Waals surface area contributed by atoms with Gasteiger partial charge in [0.2, 0.25) is 0 Å². The van der Waals surface area contributed by atoms with Gasteiger partial charge in [0.25, 0.3) is 11.5 Å². The standard InChI is InChI=1S/C22H21F2N3O7S2/c1-3-32-21(31)18-11(2)17-19(30)26-14(27-20(17)36-18)9-35-10-16(29)33-8-15(28)25-12-4-6-13(7-5-12)34-22(23)24/h4-7,22H,3,8-10H2,1-2H3,(H,25,28)(H,26,27,30). The second-order valence-electron chi connectivity index (χ2n) is 7.07. The number of aryl methyl sites for hydroxylation is 1. The van der Waals surface area contributed by atoms with E-state index in [1.165, 1.54) is 24.3 Å². The summed E-state index contributed by atoms with van der Waals surface area (Å²) in [5, 5.41) is 2.78. The van der Waals surface area contributed by atoms with Gasteiger partial charge >= 0.3 is 18.6 Å². The van der Waals surface area contributed by atoms with Crippen LogP contribution < -0.4 is 15.6 Å². The minimum absolute atomic E-state index is 0.0601. The zero-order chi connectivity index (χ0) is 26.2. The lowest BCUT2D eigenvalue weighted by molar-refractivity contribution is -0.144. The average molecular weight is 542 g/mol. The van der Waals surface area contributed by atoms with Gasteiger partial charge in [-0.2, -0.15) is 8.78 Å². The SMILES string of the molecule is CCOC(=O)c1sc2nc(CSCC(=O)OCC(=O)Nc3ccc(OC(F)F)cc3)[nH]c(=O)c2c1C. The molecule has 0 aliphatic heterocycles. The van der Waals surface area contributed by atoms with Crippen molar-refractivity contribution in [3.63, 3.8) is 0 Å². The molecule has 0 radical (unpaired) electrons. The fraction of sp³-hybridized carbons (Fsp3) is 0.318. The number of H-pyrrole nitrogens is 1. The molecular weight excluding hydrogens is 520 g/mol. The van der Waals surface area contributed by atoms with Crippen molar-refractivity contribution in [2.75, 3.05) is 24.3 Å². The number of alkyl halides is 2. The van der Waals surface area contributed by atoms with Crippen molar-refractivity contribution in [3.8, 4) is 5.75 Å². The molecule has 1 aromatic carbocycles. The van der Waals surface area contributed by atoms with Gasteiger partial charge in [0.15, 0.2) is 6.61 Å². The molecule has 0 saturated heterocycles. The van der Waals surface area contributed by atoms with E-state index in [2.05, 4.69) is 20.0 Å². The van der Waals surface area contributed by atoms with Crippen molar-refractivity contribution in [2.24, 2.45) is 0 Å². The summed E-state index contributed by atoms with van der Waals surface area (Å²) in [4.78, 5) is 56.1. The van der Waals surface area contributed by atoms with Crippen LogP contribution in [0.3, 0.4) is 0 Å². The van der Waals surface area contributed by atoms with Crippen molar-refractivity contribution in [1.82, 2.24) is 9.97 Å². The third-order valence-corrected chi connectivity index (χ3v) is 6.58. The number of fused-ring (bicyclic) bond motifs is 1. The van der Waals surface area contributed by atoms with Gasteiger partial charge in [-0.25, -0.2) is 9.78 Å². The number of amides is 1. The van der Waals surface area contributed by atoms with Crippen LogP contribution in [0.4, 0.5) is 14.5 Å². The first-order chi connectivity index (χ1) is 17.2. The lowest BCUT2D eigenvalue weighted by Crippen LogP contribution is -2.21. The maximum atomic E-state index is 12.5. The lowest BCUT2D eigenvalue weighted by Gasteiger charge is -2.08. The van der Waals surface area contributed by atoms with E-state index in [1.54, 1.807) is 13.8 Å². The van der Waals surface area contributed by atoms with Crippen LogP contribution in [0.15, 0.2) is 29.1 Å². The van der Waals surface area contributed by atoms with Crippen LogP contribution in [0.2, 0.25) is 0 Å². The molecule has 0 aliphatic carbocycles. The number of aromatic amines is 1. The number of nitrogens with zero attached hydrogens (tertiary/aromatic N) is 1. The third-order valence-electron chi connectivity index (χ3n) is 4.50. The molecule has 14 heteroatoms. The molecule has 0 saturated carbocycles. The van der Waals surface area contributed by atoms with Crippen LogP contribution >= 0.6 is 23.1 Å². The Morgan fingerprint density at radius 3 is 2.58 bits per heavy atom. The van der Waals surface area contributed by atoms with Gasteiger partial charge in [-0.15, -0.1) is 23.1 Å². The van der Waals surface area contributed by atoms with Gasteiger partial charge in [0, 0.05) is 5.69 Å². The number of hydrogen-bond acceptors (Lipinski definition) is 10. The van der Waals surface area contributed by atoms with Crippen LogP contribution in [0.5, 0.6) is 5.75 Å². The van der Waals surface area contributed by atoms with Crippen molar-refractivity contribution < 1.29 is 37.4 Å². The number of benzene rings is 1. The Labute approximate surface area is 211 Å². The number of thiophene rings is 1. The number of aromatic nitrogens is 2. The van der Waals surface area contributed by atoms with Crippen LogP contribution in [0, 0.1) is 6.92 Å². The molecule has 192 valence electrons. The molecule has 10 nitrogen and oxygen atoms in total. The Hall–Kier alpha value is -3.52. The Morgan fingerprint density at radius 2 is 1.92 bits per heavy atom. The molecule has 2 heterocycles. The van der Waals surface area contributed by atoms with E-state index in [4.69, 9.17) is 9.47 Å². The van der Waals surface area contributed by atoms with Gasteiger partial charge in [0.1, 0.15) is 21.3 Å². The number of nitrogens with one attached hydrogen (secondary N) is 2. The Bertz CT molecular complexity index is 1310. The first-order valence-electron chi connectivity index (χ1n) is 10.5. The summed E-state index contributed by atoms with van der Waals surface area (Å²) in [7, 11) is 0. The number of carbonyl (C=O) groups is 3. The number of anilines is 1. The molecule has 2 aromatic heterocycles. The first-order valence-corrected chi connectivity index (χ1v) is 12.4. The van der Waals surface area contributed by atoms with E-state index in [0.717, 1.165) is 23.1 Å². The predicted octanol–water partition coefficient (Wildman–Crippen LogP) is 3.49. The molecule has 0 unspecified atom stereocenters. The molecule has 3 rings (SSSR count). The summed E-state index contributed by atoms with van der Waals surface area (Å²) in [6.07, 6.45) is 0. The highest BCUT2D eigenvalue weighted by Crippen LogP contribution is 2.28. The molecule has 3 aromatic rings. The average Bonchev–Trinajstić information content (AvgIpc) is 3.15. The monoisotopic (exact) mass is 541 g/mol. The Kier molecular flexibility index (Phi) is 9.36. The van der Waals surface area contributed by atoms with Crippen LogP contribution in [-0.2, 0) is 24.8 Å². The fourth-order valence-electron chi connectivity index (χ4n) is 2.98. The molecule has 0 aliphatic rings. The molecule has 2 N–H and O–H groups in total. The quantitative estimate of drug-likeness (QED) is 0.350. The summed E-state index contributed by atoms with van der Waals surface area (Å²) in [5.74, 6) is -1.45. The van der Waals surface area contributed by atoms with E-state index >= 15 is 0 Å². The topological polar surface area (TPSA) is 137 Å². The second kappa shape index (κ2) is 12.4. The molecular formula is C22H21F2N3O7S2. The minimum atomic E-state index is -2.95. The normalized spacial score (nSPS) is 10.9. The predicted molar refractivity (Wildman–Crippen MR) is 130 cm³/mol.